The lowest BCUT2D eigenvalue weighted by Gasteiger charge is -2.09. The Balaban J connectivity index is 2.75. The summed E-state index contributed by atoms with van der Waals surface area (Å²) >= 11 is 5.11. The van der Waals surface area contributed by atoms with Crippen LogP contribution in [0.5, 0.6) is 0 Å². The number of anilines is 1. The molecule has 0 saturated carbocycles. The minimum absolute atomic E-state index is 0.375. The van der Waals surface area contributed by atoms with E-state index in [-0.39, 0.29) is 0 Å². The summed E-state index contributed by atoms with van der Waals surface area (Å²) in [5.41, 5.74) is 0. The van der Waals surface area contributed by atoms with Crippen molar-refractivity contribution in [2.75, 3.05) is 11.9 Å². The third-order valence-electron chi connectivity index (χ3n) is 2.15. The van der Waals surface area contributed by atoms with Gasteiger partial charge in [0.05, 0.1) is 0 Å². The molecule has 1 aromatic heterocycles. The number of unbranched alkanes of at least 4 members (excludes halogenated alkanes) is 1. The summed E-state index contributed by atoms with van der Waals surface area (Å²) in [6.07, 6.45) is 2.36. The van der Waals surface area contributed by atoms with E-state index in [0.29, 0.717) is 10.6 Å². The Hall–Kier alpha value is -0.900. The van der Waals surface area contributed by atoms with E-state index in [1.54, 1.807) is 0 Å². The molecule has 0 bridgehead atoms. The van der Waals surface area contributed by atoms with Gasteiger partial charge in [-0.1, -0.05) is 39.4 Å². The first-order valence-corrected chi connectivity index (χ1v) is 5.89. The van der Waals surface area contributed by atoms with Crippen molar-refractivity contribution in [1.82, 2.24) is 9.97 Å². The van der Waals surface area contributed by atoms with Crippen LogP contribution in [0.4, 0.5) is 5.82 Å². The van der Waals surface area contributed by atoms with Crippen LogP contribution in [-0.4, -0.2) is 16.5 Å². The van der Waals surface area contributed by atoms with Crippen LogP contribution in [0.1, 0.15) is 45.4 Å². The van der Waals surface area contributed by atoms with Gasteiger partial charge in [0.1, 0.15) is 16.3 Å². The fraction of sp³-hybridized carbons (Fsp3) is 0.636. The third kappa shape index (κ3) is 4.00. The molecule has 0 amide bonds. The summed E-state index contributed by atoms with van der Waals surface area (Å²) in [5.74, 6) is 2.30. The van der Waals surface area contributed by atoms with E-state index < -0.39 is 0 Å². The molecule has 0 spiro atoms. The van der Waals surface area contributed by atoms with E-state index in [2.05, 4.69) is 36.1 Å². The molecule has 1 heterocycles. The third-order valence-corrected chi connectivity index (χ3v) is 2.36. The van der Waals surface area contributed by atoms with Gasteiger partial charge in [0.2, 0.25) is 0 Å². The lowest BCUT2D eigenvalue weighted by atomic mass is 10.2. The van der Waals surface area contributed by atoms with Gasteiger partial charge < -0.3 is 10.3 Å². The van der Waals surface area contributed by atoms with Gasteiger partial charge in [-0.25, -0.2) is 4.98 Å². The second-order valence-electron chi connectivity index (χ2n) is 3.95. The lowest BCUT2D eigenvalue weighted by Crippen LogP contribution is -2.06. The zero-order chi connectivity index (χ0) is 11.3. The highest BCUT2D eigenvalue weighted by Gasteiger charge is 2.02. The maximum atomic E-state index is 5.11. The maximum absolute atomic E-state index is 5.11. The van der Waals surface area contributed by atoms with Crippen molar-refractivity contribution in [2.45, 2.75) is 39.5 Å². The number of hydrogen-bond donors (Lipinski definition) is 2. The van der Waals surface area contributed by atoms with Crippen molar-refractivity contribution >= 4 is 18.0 Å². The summed E-state index contributed by atoms with van der Waals surface area (Å²) in [6.45, 7) is 7.35. The van der Waals surface area contributed by atoms with Crippen molar-refractivity contribution in [3.05, 3.63) is 16.5 Å². The Kier molecular flexibility index (Phi) is 4.75. The van der Waals surface area contributed by atoms with Gasteiger partial charge >= 0.3 is 0 Å². The van der Waals surface area contributed by atoms with Crippen LogP contribution in [-0.2, 0) is 0 Å². The van der Waals surface area contributed by atoms with E-state index in [0.717, 1.165) is 18.2 Å². The van der Waals surface area contributed by atoms with Crippen LogP contribution >= 0.6 is 12.2 Å². The Labute approximate surface area is 96.3 Å². The average molecular weight is 225 g/mol. The molecule has 0 aliphatic heterocycles. The number of hydrogen-bond acceptors (Lipinski definition) is 3. The Morgan fingerprint density at radius 1 is 1.53 bits per heavy atom. The van der Waals surface area contributed by atoms with E-state index in [1.165, 1.54) is 12.8 Å². The topological polar surface area (TPSA) is 40.7 Å². The van der Waals surface area contributed by atoms with Crippen LogP contribution in [0.25, 0.3) is 0 Å². The summed E-state index contributed by atoms with van der Waals surface area (Å²) in [5, 5.41) is 3.32. The molecule has 0 saturated heterocycles. The van der Waals surface area contributed by atoms with Crippen LogP contribution in [0.15, 0.2) is 6.07 Å². The van der Waals surface area contributed by atoms with Crippen LogP contribution in [0.3, 0.4) is 0 Å². The first kappa shape index (κ1) is 12.2. The minimum atomic E-state index is 0.375. The molecular weight excluding hydrogens is 206 g/mol. The maximum Gasteiger partial charge on any atom is 0.131 e. The molecule has 0 atom stereocenters. The van der Waals surface area contributed by atoms with Crippen molar-refractivity contribution in [3.63, 3.8) is 0 Å². The molecule has 0 aliphatic carbocycles. The zero-order valence-electron chi connectivity index (χ0n) is 9.63. The minimum Gasteiger partial charge on any atom is -0.372 e. The smallest absolute Gasteiger partial charge is 0.131 e. The van der Waals surface area contributed by atoms with Gasteiger partial charge in [-0.3, -0.25) is 0 Å². The molecule has 15 heavy (non-hydrogen) atoms. The van der Waals surface area contributed by atoms with Crippen LogP contribution in [0.2, 0.25) is 0 Å². The van der Waals surface area contributed by atoms with Crippen LogP contribution < -0.4 is 5.32 Å². The first-order valence-electron chi connectivity index (χ1n) is 5.48. The summed E-state index contributed by atoms with van der Waals surface area (Å²) in [6, 6.07) is 1.87. The molecular formula is C11H19N3S. The van der Waals surface area contributed by atoms with Crippen molar-refractivity contribution in [1.29, 1.82) is 0 Å². The van der Waals surface area contributed by atoms with Gasteiger partial charge in [0.15, 0.2) is 0 Å². The predicted octanol–water partition coefficient (Wildman–Crippen LogP) is 3.47. The molecule has 1 rings (SSSR count). The number of aromatic nitrogens is 2. The number of H-pyrrole nitrogens is 1. The normalized spacial score (nSPS) is 10.7. The standard InChI is InChI=1S/C11H19N3S/c1-4-5-6-12-9-7-10(15)14-11(13-9)8(2)3/h7-8H,4-6H2,1-3H3,(H2,12,13,14,15). The molecule has 0 aromatic carbocycles. The Morgan fingerprint density at radius 2 is 2.27 bits per heavy atom. The monoisotopic (exact) mass is 225 g/mol. The second kappa shape index (κ2) is 5.85. The van der Waals surface area contributed by atoms with E-state index >= 15 is 0 Å². The van der Waals surface area contributed by atoms with Crippen molar-refractivity contribution in [2.24, 2.45) is 0 Å². The lowest BCUT2D eigenvalue weighted by molar-refractivity contribution is 0.767. The molecule has 84 valence electrons. The molecule has 3 nitrogen and oxygen atoms in total. The molecule has 4 heteroatoms. The Morgan fingerprint density at radius 3 is 2.87 bits per heavy atom. The van der Waals surface area contributed by atoms with Gasteiger partial charge in [0, 0.05) is 18.5 Å². The highest BCUT2D eigenvalue weighted by Crippen LogP contribution is 2.12. The average Bonchev–Trinajstić information content (AvgIpc) is 2.17. The fourth-order valence-electron chi connectivity index (χ4n) is 1.24. The van der Waals surface area contributed by atoms with Gasteiger partial charge in [-0.05, 0) is 6.42 Å². The highest BCUT2D eigenvalue weighted by atomic mass is 32.1. The van der Waals surface area contributed by atoms with Crippen molar-refractivity contribution < 1.29 is 0 Å². The fourth-order valence-corrected chi connectivity index (χ4v) is 1.46. The predicted molar refractivity (Wildman–Crippen MR) is 66.9 cm³/mol. The van der Waals surface area contributed by atoms with Gasteiger partial charge in [-0.2, -0.15) is 0 Å². The number of aromatic amines is 1. The zero-order valence-corrected chi connectivity index (χ0v) is 10.4. The quantitative estimate of drug-likeness (QED) is 0.595. The summed E-state index contributed by atoms with van der Waals surface area (Å²) in [4.78, 5) is 7.54. The highest BCUT2D eigenvalue weighted by molar-refractivity contribution is 7.71. The summed E-state index contributed by atoms with van der Waals surface area (Å²) < 4.78 is 0.649. The van der Waals surface area contributed by atoms with E-state index in [4.69, 9.17) is 12.2 Å². The SMILES string of the molecule is CCCCNc1cc(=S)nc(C(C)C)[nH]1. The number of nitrogens with zero attached hydrogens (tertiary/aromatic N) is 1. The molecule has 0 radical (unpaired) electrons. The van der Waals surface area contributed by atoms with Crippen molar-refractivity contribution in [3.8, 4) is 0 Å². The summed E-state index contributed by atoms with van der Waals surface area (Å²) in [7, 11) is 0. The molecule has 0 unspecified atom stereocenters. The number of nitrogens with one attached hydrogen (secondary N) is 2. The van der Waals surface area contributed by atoms with Gasteiger partial charge in [0.25, 0.3) is 0 Å². The van der Waals surface area contributed by atoms with E-state index in [1.807, 2.05) is 6.07 Å². The molecule has 2 N–H and O–H groups in total. The molecule has 0 fully saturated rings. The second-order valence-corrected chi connectivity index (χ2v) is 4.37. The number of rotatable bonds is 5. The van der Waals surface area contributed by atoms with Gasteiger partial charge in [-0.15, -0.1) is 0 Å². The first-order chi connectivity index (χ1) is 7.13. The van der Waals surface area contributed by atoms with Crippen LogP contribution in [0, 0.1) is 4.64 Å². The molecule has 1 aromatic rings. The Bertz CT molecular complexity index is 357. The van der Waals surface area contributed by atoms with E-state index in [9.17, 15) is 0 Å². The molecule has 0 aliphatic rings. The largest absolute Gasteiger partial charge is 0.372 e.